The molecule has 0 bridgehead atoms. The van der Waals surface area contributed by atoms with Crippen LogP contribution in [0.3, 0.4) is 0 Å². The van der Waals surface area contributed by atoms with Crippen LogP contribution in [0.5, 0.6) is 0 Å². The Hall–Kier alpha value is -2.83. The van der Waals surface area contributed by atoms with Crippen molar-refractivity contribution >= 4 is 17.7 Å². The standard InChI is InChI=1S/C13H13N3O4/c17-12(18)11-4-3-9(8-15-11)16-13(19)14-6-5-10-2-1-7-20-10/h1-4,7-8H,5-6H2,(H,17,18)(H2,14,16,19). The van der Waals surface area contributed by atoms with E-state index in [2.05, 4.69) is 15.6 Å². The molecule has 2 aromatic rings. The molecule has 0 saturated carbocycles. The number of aromatic nitrogens is 1. The van der Waals surface area contributed by atoms with Crippen molar-refractivity contribution in [3.05, 3.63) is 48.2 Å². The zero-order chi connectivity index (χ0) is 14.4. The number of nitrogens with zero attached hydrogens (tertiary/aromatic N) is 1. The van der Waals surface area contributed by atoms with Gasteiger partial charge in [0.1, 0.15) is 11.5 Å². The van der Waals surface area contributed by atoms with Gasteiger partial charge in [-0.25, -0.2) is 14.6 Å². The third-order valence-corrected chi connectivity index (χ3v) is 2.48. The Morgan fingerprint density at radius 2 is 2.15 bits per heavy atom. The van der Waals surface area contributed by atoms with Crippen LogP contribution in [-0.2, 0) is 6.42 Å². The highest BCUT2D eigenvalue weighted by molar-refractivity contribution is 5.90. The maximum atomic E-state index is 11.6. The first kappa shape index (κ1) is 13.6. The van der Waals surface area contributed by atoms with Crippen molar-refractivity contribution < 1.29 is 19.1 Å². The highest BCUT2D eigenvalue weighted by atomic mass is 16.4. The Labute approximate surface area is 114 Å². The number of pyridine rings is 1. The monoisotopic (exact) mass is 275 g/mol. The summed E-state index contributed by atoms with van der Waals surface area (Å²) in [6.07, 6.45) is 3.46. The van der Waals surface area contributed by atoms with Gasteiger partial charge in [-0.2, -0.15) is 0 Å². The molecule has 0 atom stereocenters. The summed E-state index contributed by atoms with van der Waals surface area (Å²) in [5.74, 6) is -0.322. The molecule has 0 aliphatic heterocycles. The van der Waals surface area contributed by atoms with Gasteiger partial charge in [0.2, 0.25) is 0 Å². The zero-order valence-electron chi connectivity index (χ0n) is 10.5. The normalized spacial score (nSPS) is 10.0. The fourth-order valence-corrected chi connectivity index (χ4v) is 1.52. The number of amides is 2. The topological polar surface area (TPSA) is 104 Å². The molecule has 2 aromatic heterocycles. The van der Waals surface area contributed by atoms with E-state index in [1.54, 1.807) is 12.3 Å². The first-order valence-electron chi connectivity index (χ1n) is 5.92. The molecule has 20 heavy (non-hydrogen) atoms. The van der Waals surface area contributed by atoms with E-state index in [1.807, 2.05) is 6.07 Å². The van der Waals surface area contributed by atoms with E-state index in [4.69, 9.17) is 9.52 Å². The van der Waals surface area contributed by atoms with Gasteiger partial charge in [0, 0.05) is 13.0 Å². The van der Waals surface area contributed by atoms with Crippen molar-refractivity contribution in [2.24, 2.45) is 0 Å². The molecule has 0 spiro atoms. The number of anilines is 1. The molecule has 2 amide bonds. The summed E-state index contributed by atoms with van der Waals surface area (Å²) in [4.78, 5) is 25.9. The predicted molar refractivity (Wildman–Crippen MR) is 70.6 cm³/mol. The lowest BCUT2D eigenvalue weighted by atomic mass is 10.3. The lowest BCUT2D eigenvalue weighted by molar-refractivity contribution is 0.0690. The Morgan fingerprint density at radius 3 is 2.75 bits per heavy atom. The Bertz CT molecular complexity index is 578. The second-order valence-electron chi connectivity index (χ2n) is 3.95. The molecule has 0 fully saturated rings. The van der Waals surface area contributed by atoms with Crippen LogP contribution in [0.1, 0.15) is 16.2 Å². The summed E-state index contributed by atoms with van der Waals surface area (Å²) in [6, 6.07) is 6.02. The van der Waals surface area contributed by atoms with Crippen molar-refractivity contribution in [2.45, 2.75) is 6.42 Å². The highest BCUT2D eigenvalue weighted by Gasteiger charge is 2.06. The predicted octanol–water partition coefficient (Wildman–Crippen LogP) is 1.74. The van der Waals surface area contributed by atoms with Crippen molar-refractivity contribution in [2.75, 3.05) is 11.9 Å². The Kier molecular flexibility index (Phi) is 4.33. The fourth-order valence-electron chi connectivity index (χ4n) is 1.52. The van der Waals surface area contributed by atoms with Crippen LogP contribution >= 0.6 is 0 Å². The number of nitrogens with one attached hydrogen (secondary N) is 2. The molecule has 104 valence electrons. The number of hydrogen-bond donors (Lipinski definition) is 3. The molecule has 0 unspecified atom stereocenters. The Balaban J connectivity index is 1.77. The average molecular weight is 275 g/mol. The summed E-state index contributed by atoms with van der Waals surface area (Å²) in [5.41, 5.74) is 0.347. The SMILES string of the molecule is O=C(NCCc1ccco1)Nc1ccc(C(=O)O)nc1. The molecular weight excluding hydrogens is 262 g/mol. The second-order valence-corrected chi connectivity index (χ2v) is 3.95. The van der Waals surface area contributed by atoms with Gasteiger partial charge in [0.05, 0.1) is 18.1 Å². The van der Waals surface area contributed by atoms with Crippen LogP contribution in [0.25, 0.3) is 0 Å². The zero-order valence-corrected chi connectivity index (χ0v) is 10.5. The first-order chi connectivity index (χ1) is 9.65. The van der Waals surface area contributed by atoms with Crippen LogP contribution in [0.15, 0.2) is 41.1 Å². The molecule has 7 nitrogen and oxygen atoms in total. The van der Waals surface area contributed by atoms with Crippen molar-refractivity contribution in [1.29, 1.82) is 0 Å². The van der Waals surface area contributed by atoms with E-state index in [0.717, 1.165) is 5.76 Å². The number of carbonyl (C=O) groups is 2. The molecular formula is C13H13N3O4. The van der Waals surface area contributed by atoms with Gasteiger partial charge >= 0.3 is 12.0 Å². The van der Waals surface area contributed by atoms with Crippen LogP contribution in [-0.4, -0.2) is 28.6 Å². The molecule has 2 heterocycles. The largest absolute Gasteiger partial charge is 0.477 e. The maximum Gasteiger partial charge on any atom is 0.354 e. The quantitative estimate of drug-likeness (QED) is 0.770. The van der Waals surface area contributed by atoms with Gasteiger partial charge in [-0.3, -0.25) is 0 Å². The lowest BCUT2D eigenvalue weighted by Crippen LogP contribution is -2.30. The van der Waals surface area contributed by atoms with E-state index < -0.39 is 5.97 Å². The molecule has 0 aliphatic carbocycles. The van der Waals surface area contributed by atoms with E-state index in [-0.39, 0.29) is 11.7 Å². The Morgan fingerprint density at radius 1 is 1.30 bits per heavy atom. The summed E-state index contributed by atoms with van der Waals surface area (Å²) in [6.45, 7) is 0.431. The molecule has 0 aromatic carbocycles. The second kappa shape index (κ2) is 6.37. The maximum absolute atomic E-state index is 11.6. The summed E-state index contributed by atoms with van der Waals surface area (Å²) >= 11 is 0. The summed E-state index contributed by atoms with van der Waals surface area (Å²) in [5, 5.41) is 13.9. The molecule has 0 aliphatic rings. The molecule has 2 rings (SSSR count). The van der Waals surface area contributed by atoms with Gasteiger partial charge < -0.3 is 20.2 Å². The number of rotatable bonds is 5. The van der Waals surface area contributed by atoms with E-state index in [9.17, 15) is 9.59 Å². The smallest absolute Gasteiger partial charge is 0.354 e. The number of hydrogen-bond acceptors (Lipinski definition) is 4. The van der Waals surface area contributed by atoms with Gasteiger partial charge in [0.15, 0.2) is 0 Å². The van der Waals surface area contributed by atoms with Crippen molar-refractivity contribution in [3.8, 4) is 0 Å². The molecule has 0 saturated heterocycles. The number of carboxylic acids is 1. The average Bonchev–Trinajstić information content (AvgIpc) is 2.92. The number of urea groups is 1. The number of furan rings is 1. The number of carbonyl (C=O) groups excluding carboxylic acids is 1. The van der Waals surface area contributed by atoms with Gasteiger partial charge in [0.25, 0.3) is 0 Å². The van der Waals surface area contributed by atoms with Gasteiger partial charge in [-0.1, -0.05) is 0 Å². The van der Waals surface area contributed by atoms with Crippen LogP contribution < -0.4 is 10.6 Å². The minimum absolute atomic E-state index is 0.0752. The number of carboxylic acid groups (broad SMARTS) is 1. The highest BCUT2D eigenvalue weighted by Crippen LogP contribution is 2.06. The van der Waals surface area contributed by atoms with Crippen LogP contribution in [0.4, 0.5) is 10.5 Å². The van der Waals surface area contributed by atoms with E-state index in [1.165, 1.54) is 18.3 Å². The molecule has 7 heteroatoms. The van der Waals surface area contributed by atoms with Crippen LogP contribution in [0, 0.1) is 0 Å². The minimum Gasteiger partial charge on any atom is -0.477 e. The van der Waals surface area contributed by atoms with E-state index in [0.29, 0.717) is 18.7 Å². The van der Waals surface area contributed by atoms with Crippen molar-refractivity contribution in [3.63, 3.8) is 0 Å². The van der Waals surface area contributed by atoms with Gasteiger partial charge in [-0.15, -0.1) is 0 Å². The summed E-state index contributed by atoms with van der Waals surface area (Å²) in [7, 11) is 0. The van der Waals surface area contributed by atoms with Crippen LogP contribution in [0.2, 0.25) is 0 Å². The third kappa shape index (κ3) is 3.84. The van der Waals surface area contributed by atoms with Crippen molar-refractivity contribution in [1.82, 2.24) is 10.3 Å². The first-order valence-corrected chi connectivity index (χ1v) is 5.92. The third-order valence-electron chi connectivity index (χ3n) is 2.48. The number of aromatic carboxylic acids is 1. The molecule has 0 radical (unpaired) electrons. The fraction of sp³-hybridized carbons (Fsp3) is 0.154. The summed E-state index contributed by atoms with van der Waals surface area (Å²) < 4.78 is 5.13. The lowest BCUT2D eigenvalue weighted by Gasteiger charge is -2.06. The molecule has 3 N–H and O–H groups in total. The minimum atomic E-state index is -1.11. The van der Waals surface area contributed by atoms with Gasteiger partial charge in [-0.05, 0) is 24.3 Å². The van der Waals surface area contributed by atoms with E-state index >= 15 is 0 Å².